The minimum atomic E-state index is 0.104. The second-order valence-corrected chi connectivity index (χ2v) is 2.66. The first-order chi connectivity index (χ1) is 5.38. The normalized spacial score (nSPS) is 22.1. The topological polar surface area (TPSA) is 48.1 Å². The molecule has 0 fully saturated rings. The van der Waals surface area contributed by atoms with Crippen molar-refractivity contribution >= 4 is 0 Å². The van der Waals surface area contributed by atoms with E-state index in [9.17, 15) is 0 Å². The van der Waals surface area contributed by atoms with Gasteiger partial charge >= 0.3 is 0 Å². The molecule has 0 spiro atoms. The molecular formula is C8H10N2O. The summed E-state index contributed by atoms with van der Waals surface area (Å²) in [5, 5.41) is 0. The van der Waals surface area contributed by atoms with Crippen LogP contribution in [0.2, 0.25) is 0 Å². The summed E-state index contributed by atoms with van der Waals surface area (Å²) in [6, 6.07) is 1.96. The van der Waals surface area contributed by atoms with E-state index in [-0.39, 0.29) is 6.04 Å². The van der Waals surface area contributed by atoms with Gasteiger partial charge in [0.25, 0.3) is 0 Å². The maximum atomic E-state index is 5.83. The highest BCUT2D eigenvalue weighted by atomic mass is 16.5. The summed E-state index contributed by atoms with van der Waals surface area (Å²) < 4.78 is 5.37. The molecule has 2 rings (SSSR count). The molecule has 1 atom stereocenters. The van der Waals surface area contributed by atoms with Gasteiger partial charge in [0.2, 0.25) is 0 Å². The van der Waals surface area contributed by atoms with Gasteiger partial charge in [-0.15, -0.1) is 0 Å². The Bertz CT molecular complexity index is 262. The highest BCUT2D eigenvalue weighted by molar-refractivity contribution is 5.34. The molecular weight excluding hydrogens is 140 g/mol. The van der Waals surface area contributed by atoms with Gasteiger partial charge in [0, 0.05) is 30.4 Å². The van der Waals surface area contributed by atoms with Crippen LogP contribution >= 0.6 is 0 Å². The van der Waals surface area contributed by atoms with Crippen LogP contribution in [0.1, 0.15) is 18.0 Å². The zero-order chi connectivity index (χ0) is 7.68. The van der Waals surface area contributed by atoms with Crippen molar-refractivity contribution in [3.05, 3.63) is 24.0 Å². The Morgan fingerprint density at radius 2 is 2.55 bits per heavy atom. The van der Waals surface area contributed by atoms with E-state index in [0.29, 0.717) is 0 Å². The molecule has 1 aromatic heterocycles. The number of nitrogens with two attached hydrogens (primary N) is 1. The van der Waals surface area contributed by atoms with Crippen molar-refractivity contribution in [1.82, 2.24) is 4.98 Å². The number of aromatic nitrogens is 1. The van der Waals surface area contributed by atoms with E-state index in [1.54, 1.807) is 12.4 Å². The van der Waals surface area contributed by atoms with Crippen molar-refractivity contribution in [3.63, 3.8) is 0 Å². The Kier molecular flexibility index (Phi) is 1.51. The quantitative estimate of drug-likeness (QED) is 0.596. The van der Waals surface area contributed by atoms with Gasteiger partial charge in [-0.1, -0.05) is 0 Å². The third-order valence-electron chi connectivity index (χ3n) is 1.90. The summed E-state index contributed by atoms with van der Waals surface area (Å²) >= 11 is 0. The zero-order valence-corrected chi connectivity index (χ0v) is 6.16. The minimum absolute atomic E-state index is 0.104. The van der Waals surface area contributed by atoms with Gasteiger partial charge in [0.15, 0.2) is 0 Å². The number of hydrogen-bond acceptors (Lipinski definition) is 3. The summed E-state index contributed by atoms with van der Waals surface area (Å²) in [5.74, 6) is 0.888. The molecule has 0 saturated heterocycles. The van der Waals surface area contributed by atoms with E-state index in [1.165, 1.54) is 0 Å². The second kappa shape index (κ2) is 2.51. The lowest BCUT2D eigenvalue weighted by Crippen LogP contribution is -2.20. The van der Waals surface area contributed by atoms with Crippen LogP contribution < -0.4 is 10.5 Å². The first-order valence-electron chi connectivity index (χ1n) is 3.70. The SMILES string of the molecule is NC1CCOc2ccncc21. The van der Waals surface area contributed by atoms with Crippen molar-refractivity contribution in [2.24, 2.45) is 5.73 Å². The standard InChI is InChI=1S/C8H10N2O/c9-7-2-4-11-8-1-3-10-5-6(7)8/h1,3,5,7H,2,4,9H2. The zero-order valence-electron chi connectivity index (χ0n) is 6.16. The average Bonchev–Trinajstić information content (AvgIpc) is 2.06. The van der Waals surface area contributed by atoms with Crippen LogP contribution in [0.5, 0.6) is 5.75 Å². The van der Waals surface area contributed by atoms with Gasteiger partial charge in [-0.2, -0.15) is 0 Å². The predicted octanol–water partition coefficient (Wildman–Crippen LogP) is 0.864. The summed E-state index contributed by atoms with van der Waals surface area (Å²) in [5.41, 5.74) is 6.85. The molecule has 3 nitrogen and oxygen atoms in total. The van der Waals surface area contributed by atoms with Gasteiger partial charge in [-0.3, -0.25) is 4.98 Å². The molecule has 58 valence electrons. The molecule has 1 aromatic rings. The Labute approximate surface area is 65.2 Å². The first kappa shape index (κ1) is 6.61. The van der Waals surface area contributed by atoms with Gasteiger partial charge in [0.05, 0.1) is 6.61 Å². The number of rotatable bonds is 0. The number of hydrogen-bond donors (Lipinski definition) is 1. The Balaban J connectivity index is 2.44. The monoisotopic (exact) mass is 150 g/mol. The van der Waals surface area contributed by atoms with Crippen LogP contribution in [0.15, 0.2) is 18.5 Å². The van der Waals surface area contributed by atoms with Crippen molar-refractivity contribution in [3.8, 4) is 5.75 Å². The van der Waals surface area contributed by atoms with Crippen LogP contribution in [-0.4, -0.2) is 11.6 Å². The summed E-state index contributed by atoms with van der Waals surface area (Å²) in [6.45, 7) is 0.720. The molecule has 1 aliphatic heterocycles. The predicted molar refractivity (Wildman–Crippen MR) is 41.3 cm³/mol. The Morgan fingerprint density at radius 3 is 3.36 bits per heavy atom. The number of nitrogens with zero attached hydrogens (tertiary/aromatic N) is 1. The van der Waals surface area contributed by atoms with Gasteiger partial charge in [0.1, 0.15) is 5.75 Å². The van der Waals surface area contributed by atoms with Crippen molar-refractivity contribution < 1.29 is 4.74 Å². The summed E-state index contributed by atoms with van der Waals surface area (Å²) in [6.07, 6.45) is 4.38. The van der Waals surface area contributed by atoms with Gasteiger partial charge in [-0.25, -0.2) is 0 Å². The van der Waals surface area contributed by atoms with Crippen LogP contribution in [0.4, 0.5) is 0 Å². The van der Waals surface area contributed by atoms with Crippen LogP contribution in [-0.2, 0) is 0 Å². The summed E-state index contributed by atoms with van der Waals surface area (Å²) in [4.78, 5) is 3.99. The van der Waals surface area contributed by atoms with E-state index < -0.39 is 0 Å². The maximum absolute atomic E-state index is 5.83. The molecule has 2 N–H and O–H groups in total. The molecule has 0 radical (unpaired) electrons. The molecule has 1 aliphatic rings. The fourth-order valence-electron chi connectivity index (χ4n) is 1.26. The van der Waals surface area contributed by atoms with Gasteiger partial charge in [-0.05, 0) is 6.07 Å². The van der Waals surface area contributed by atoms with E-state index in [1.807, 2.05) is 6.07 Å². The molecule has 0 saturated carbocycles. The van der Waals surface area contributed by atoms with E-state index in [2.05, 4.69) is 4.98 Å². The largest absolute Gasteiger partial charge is 0.493 e. The lowest BCUT2D eigenvalue weighted by Gasteiger charge is -2.21. The van der Waals surface area contributed by atoms with E-state index >= 15 is 0 Å². The Morgan fingerprint density at radius 1 is 1.64 bits per heavy atom. The minimum Gasteiger partial charge on any atom is -0.493 e. The molecule has 3 heteroatoms. The van der Waals surface area contributed by atoms with Crippen molar-refractivity contribution in [2.75, 3.05) is 6.61 Å². The third kappa shape index (κ3) is 1.07. The molecule has 2 heterocycles. The highest BCUT2D eigenvalue weighted by Crippen LogP contribution is 2.28. The second-order valence-electron chi connectivity index (χ2n) is 2.66. The number of fused-ring (bicyclic) bond motifs is 1. The van der Waals surface area contributed by atoms with Crippen LogP contribution in [0.25, 0.3) is 0 Å². The first-order valence-corrected chi connectivity index (χ1v) is 3.70. The van der Waals surface area contributed by atoms with Crippen molar-refractivity contribution in [1.29, 1.82) is 0 Å². The summed E-state index contributed by atoms with van der Waals surface area (Å²) in [7, 11) is 0. The van der Waals surface area contributed by atoms with E-state index in [0.717, 1.165) is 24.3 Å². The highest BCUT2D eigenvalue weighted by Gasteiger charge is 2.16. The number of ether oxygens (including phenoxy) is 1. The van der Waals surface area contributed by atoms with E-state index in [4.69, 9.17) is 10.5 Å². The molecule has 1 unspecified atom stereocenters. The third-order valence-corrected chi connectivity index (χ3v) is 1.90. The smallest absolute Gasteiger partial charge is 0.127 e. The lowest BCUT2D eigenvalue weighted by atomic mass is 10.0. The molecule has 0 bridgehead atoms. The molecule has 0 aromatic carbocycles. The lowest BCUT2D eigenvalue weighted by molar-refractivity contribution is 0.268. The molecule has 0 aliphatic carbocycles. The van der Waals surface area contributed by atoms with Gasteiger partial charge < -0.3 is 10.5 Å². The maximum Gasteiger partial charge on any atom is 0.127 e. The van der Waals surface area contributed by atoms with Crippen LogP contribution in [0, 0.1) is 0 Å². The van der Waals surface area contributed by atoms with Crippen molar-refractivity contribution in [2.45, 2.75) is 12.5 Å². The number of pyridine rings is 1. The fourth-order valence-corrected chi connectivity index (χ4v) is 1.26. The average molecular weight is 150 g/mol. The molecule has 11 heavy (non-hydrogen) atoms. The molecule has 0 amide bonds. The van der Waals surface area contributed by atoms with Crippen LogP contribution in [0.3, 0.4) is 0 Å². The Hall–Kier alpha value is -1.09. The fraction of sp³-hybridized carbons (Fsp3) is 0.375.